The van der Waals surface area contributed by atoms with Gasteiger partial charge in [0.25, 0.3) is 5.69 Å². The van der Waals surface area contributed by atoms with Crippen LogP contribution in [0.4, 0.5) is 5.69 Å². The Bertz CT molecular complexity index is 515. The Balaban J connectivity index is 3.21. The van der Waals surface area contributed by atoms with Crippen LogP contribution in [0.1, 0.15) is 5.56 Å². The van der Waals surface area contributed by atoms with Gasteiger partial charge in [-0.25, -0.2) is 13.4 Å². The van der Waals surface area contributed by atoms with Gasteiger partial charge in [-0.3, -0.25) is 10.1 Å². The highest BCUT2D eigenvalue weighted by Crippen LogP contribution is 2.19. The number of hydrogen-bond acceptors (Lipinski definition) is 5. The topological polar surface area (TPSA) is 90.2 Å². The van der Waals surface area contributed by atoms with Gasteiger partial charge in [-0.15, -0.1) is 11.6 Å². The number of rotatable bonds is 4. The smallest absolute Gasteiger partial charge is 0.258 e. The summed E-state index contributed by atoms with van der Waals surface area (Å²) in [6, 6.07) is 1.18. The van der Waals surface area contributed by atoms with Crippen LogP contribution in [0.25, 0.3) is 0 Å². The van der Waals surface area contributed by atoms with Crippen LogP contribution in [0.15, 0.2) is 17.3 Å². The molecule has 0 bridgehead atoms. The van der Waals surface area contributed by atoms with Crippen LogP contribution < -0.4 is 0 Å². The molecule has 6 nitrogen and oxygen atoms in total. The molecule has 0 atom stereocenters. The second-order valence-electron chi connectivity index (χ2n) is 3.07. The van der Waals surface area contributed by atoms with Crippen molar-refractivity contribution in [3.8, 4) is 0 Å². The number of pyridine rings is 1. The zero-order valence-corrected chi connectivity index (χ0v) is 9.95. The van der Waals surface area contributed by atoms with Crippen molar-refractivity contribution < 1.29 is 13.3 Å². The fraction of sp³-hybridized carbons (Fsp3) is 0.375. The molecule has 16 heavy (non-hydrogen) atoms. The van der Waals surface area contributed by atoms with Crippen LogP contribution in [0.2, 0.25) is 0 Å². The molecule has 0 aliphatic carbocycles. The number of sulfone groups is 1. The lowest BCUT2D eigenvalue weighted by Gasteiger charge is -2.02. The standard InChI is InChI=1S/C8H9ClN2O4S/c1-6-4-8(16(14,15)3-2-9)10-5-7(6)11(12)13/h4-5H,2-3H2,1H3. The highest BCUT2D eigenvalue weighted by Gasteiger charge is 2.19. The lowest BCUT2D eigenvalue weighted by atomic mass is 10.3. The summed E-state index contributed by atoms with van der Waals surface area (Å²) in [5, 5.41) is 10.3. The third kappa shape index (κ3) is 2.67. The van der Waals surface area contributed by atoms with Gasteiger partial charge in [-0.05, 0) is 13.0 Å². The van der Waals surface area contributed by atoms with Gasteiger partial charge in [-0.2, -0.15) is 0 Å². The van der Waals surface area contributed by atoms with Crippen molar-refractivity contribution in [3.05, 3.63) is 27.9 Å². The number of nitrogens with zero attached hydrogens (tertiary/aromatic N) is 2. The number of hydrogen-bond donors (Lipinski definition) is 0. The molecule has 1 rings (SSSR count). The molecule has 88 valence electrons. The zero-order valence-electron chi connectivity index (χ0n) is 8.38. The van der Waals surface area contributed by atoms with E-state index in [1.165, 1.54) is 13.0 Å². The molecule has 0 radical (unpaired) electrons. The Kier molecular flexibility index (Phi) is 3.82. The van der Waals surface area contributed by atoms with E-state index in [2.05, 4.69) is 4.98 Å². The molecule has 0 aromatic carbocycles. The molecule has 0 fully saturated rings. The lowest BCUT2D eigenvalue weighted by Crippen LogP contribution is -2.10. The van der Waals surface area contributed by atoms with Crippen LogP contribution in [-0.4, -0.2) is 30.0 Å². The summed E-state index contributed by atoms with van der Waals surface area (Å²) >= 11 is 5.34. The first kappa shape index (κ1) is 12.9. The first-order chi connectivity index (χ1) is 7.38. The van der Waals surface area contributed by atoms with E-state index in [-0.39, 0.29) is 27.9 Å². The molecule has 0 unspecified atom stereocenters. The number of aryl methyl sites for hydroxylation is 1. The zero-order chi connectivity index (χ0) is 12.3. The van der Waals surface area contributed by atoms with Crippen molar-refractivity contribution in [3.63, 3.8) is 0 Å². The molecule has 0 aliphatic heterocycles. The number of alkyl halides is 1. The molecule has 8 heteroatoms. The second kappa shape index (κ2) is 4.75. The Morgan fingerprint density at radius 2 is 2.19 bits per heavy atom. The molecular weight excluding hydrogens is 256 g/mol. The normalized spacial score (nSPS) is 11.4. The quantitative estimate of drug-likeness (QED) is 0.465. The molecule has 1 aromatic rings. The van der Waals surface area contributed by atoms with Crippen molar-refractivity contribution in [2.75, 3.05) is 11.6 Å². The summed E-state index contributed by atoms with van der Waals surface area (Å²) < 4.78 is 23.1. The van der Waals surface area contributed by atoms with Crippen molar-refractivity contribution in [1.82, 2.24) is 4.98 Å². The Hall–Kier alpha value is -1.21. The van der Waals surface area contributed by atoms with Gasteiger partial charge in [0.15, 0.2) is 14.9 Å². The SMILES string of the molecule is Cc1cc(S(=O)(=O)CCCl)ncc1[N+](=O)[O-]. The predicted octanol–water partition coefficient (Wildman–Crippen LogP) is 1.31. The minimum absolute atomic E-state index is 0.0416. The molecule has 0 amide bonds. The Morgan fingerprint density at radius 1 is 1.56 bits per heavy atom. The van der Waals surface area contributed by atoms with E-state index in [0.29, 0.717) is 0 Å². The molecule has 0 aliphatic rings. The molecule has 0 N–H and O–H groups in total. The van der Waals surface area contributed by atoms with Crippen molar-refractivity contribution in [2.45, 2.75) is 11.9 Å². The van der Waals surface area contributed by atoms with E-state index >= 15 is 0 Å². The van der Waals surface area contributed by atoms with E-state index in [1.807, 2.05) is 0 Å². The summed E-state index contributed by atoms with van der Waals surface area (Å²) in [6.45, 7) is 1.46. The fourth-order valence-corrected chi connectivity index (χ4v) is 2.68. The van der Waals surface area contributed by atoms with Gasteiger partial charge >= 0.3 is 0 Å². The van der Waals surface area contributed by atoms with Gasteiger partial charge in [0.05, 0.1) is 10.7 Å². The summed E-state index contributed by atoms with van der Waals surface area (Å²) in [4.78, 5) is 13.5. The molecule has 1 heterocycles. The average molecular weight is 265 g/mol. The first-order valence-corrected chi connectivity index (χ1v) is 6.47. The summed E-state index contributed by atoms with van der Waals surface area (Å²) in [7, 11) is -3.54. The van der Waals surface area contributed by atoms with E-state index in [0.717, 1.165) is 6.20 Å². The summed E-state index contributed by atoms with van der Waals surface area (Å²) in [5.41, 5.74) is 0.0537. The lowest BCUT2D eigenvalue weighted by molar-refractivity contribution is -0.385. The van der Waals surface area contributed by atoms with Crippen LogP contribution >= 0.6 is 11.6 Å². The largest absolute Gasteiger partial charge is 0.290 e. The predicted molar refractivity (Wildman–Crippen MR) is 58.4 cm³/mol. The molecule has 0 spiro atoms. The molecule has 1 aromatic heterocycles. The average Bonchev–Trinajstić information content (AvgIpc) is 2.16. The Labute approximate surface area is 97.3 Å². The van der Waals surface area contributed by atoms with Gasteiger partial charge in [-0.1, -0.05) is 0 Å². The maximum Gasteiger partial charge on any atom is 0.290 e. The van der Waals surface area contributed by atoms with Crippen molar-refractivity contribution in [2.24, 2.45) is 0 Å². The van der Waals surface area contributed by atoms with Gasteiger partial charge in [0.2, 0.25) is 0 Å². The van der Waals surface area contributed by atoms with E-state index in [1.54, 1.807) is 0 Å². The minimum atomic E-state index is -3.54. The second-order valence-corrected chi connectivity index (χ2v) is 5.51. The Morgan fingerprint density at radius 3 is 2.62 bits per heavy atom. The van der Waals surface area contributed by atoms with E-state index < -0.39 is 14.8 Å². The van der Waals surface area contributed by atoms with E-state index in [9.17, 15) is 18.5 Å². The minimum Gasteiger partial charge on any atom is -0.258 e. The van der Waals surface area contributed by atoms with Crippen LogP contribution in [-0.2, 0) is 9.84 Å². The highest BCUT2D eigenvalue weighted by molar-refractivity contribution is 7.91. The van der Waals surface area contributed by atoms with Crippen LogP contribution in [0, 0.1) is 17.0 Å². The maximum absolute atomic E-state index is 11.5. The summed E-state index contributed by atoms with van der Waals surface area (Å²) in [5.74, 6) is -0.279. The van der Waals surface area contributed by atoms with Crippen LogP contribution in [0.3, 0.4) is 0 Å². The number of nitro groups is 1. The van der Waals surface area contributed by atoms with E-state index in [4.69, 9.17) is 11.6 Å². The maximum atomic E-state index is 11.5. The number of halogens is 1. The van der Waals surface area contributed by atoms with Crippen molar-refractivity contribution >= 4 is 27.1 Å². The fourth-order valence-electron chi connectivity index (χ4n) is 1.09. The van der Waals surface area contributed by atoms with Gasteiger partial charge in [0, 0.05) is 11.4 Å². The first-order valence-electron chi connectivity index (χ1n) is 4.28. The van der Waals surface area contributed by atoms with Gasteiger partial charge in [0.1, 0.15) is 6.20 Å². The van der Waals surface area contributed by atoms with Crippen LogP contribution in [0.5, 0.6) is 0 Å². The molecular formula is C8H9ClN2O4S. The third-order valence-electron chi connectivity index (χ3n) is 1.92. The highest BCUT2D eigenvalue weighted by atomic mass is 35.5. The van der Waals surface area contributed by atoms with Crippen molar-refractivity contribution in [1.29, 1.82) is 0 Å². The third-order valence-corrected chi connectivity index (χ3v) is 3.93. The molecule has 0 saturated carbocycles. The van der Waals surface area contributed by atoms with Gasteiger partial charge < -0.3 is 0 Å². The number of aromatic nitrogens is 1. The monoisotopic (exact) mass is 264 g/mol. The summed E-state index contributed by atoms with van der Waals surface area (Å²) in [6.07, 6.45) is 0.941. The molecule has 0 saturated heterocycles.